The van der Waals surface area contributed by atoms with Crippen LogP contribution in [-0.4, -0.2) is 49.9 Å². The molecule has 1 aliphatic heterocycles. The third kappa shape index (κ3) is 4.54. The highest BCUT2D eigenvalue weighted by atomic mass is 32.2. The van der Waals surface area contributed by atoms with Crippen molar-refractivity contribution in [2.75, 3.05) is 31.6 Å². The summed E-state index contributed by atoms with van der Waals surface area (Å²) in [6.07, 6.45) is 6.75. The second-order valence-electron chi connectivity index (χ2n) is 7.10. The van der Waals surface area contributed by atoms with Gasteiger partial charge < -0.3 is 4.98 Å². The Bertz CT molecular complexity index is 1080. The van der Waals surface area contributed by atoms with Crippen molar-refractivity contribution in [3.05, 3.63) is 58.4 Å². The summed E-state index contributed by atoms with van der Waals surface area (Å²) >= 11 is 3.72. The first-order chi connectivity index (χ1) is 13.5. The van der Waals surface area contributed by atoms with Crippen molar-refractivity contribution >= 4 is 49.4 Å². The minimum atomic E-state index is -3.18. The van der Waals surface area contributed by atoms with Crippen molar-refractivity contribution in [1.29, 1.82) is 0 Å². The van der Waals surface area contributed by atoms with Crippen molar-refractivity contribution in [3.63, 3.8) is 0 Å². The molecule has 0 spiro atoms. The fourth-order valence-electron chi connectivity index (χ4n) is 3.48. The minimum absolute atomic E-state index is 0.382. The SMILES string of the molecule is CS(=O)(=O)c1ccc2[nH]cc(CSCCN3CC=C(c4cccs4)CC3)c2c1. The van der Waals surface area contributed by atoms with E-state index < -0.39 is 9.84 Å². The highest BCUT2D eigenvalue weighted by molar-refractivity contribution is 7.98. The van der Waals surface area contributed by atoms with E-state index in [2.05, 4.69) is 33.5 Å². The molecule has 3 heterocycles. The second kappa shape index (κ2) is 8.45. The molecule has 0 fully saturated rings. The molecule has 4 nitrogen and oxygen atoms in total. The molecule has 1 N–H and O–H groups in total. The van der Waals surface area contributed by atoms with E-state index >= 15 is 0 Å². The molecule has 0 saturated carbocycles. The van der Waals surface area contributed by atoms with Gasteiger partial charge in [-0.15, -0.1) is 11.3 Å². The van der Waals surface area contributed by atoms with Crippen LogP contribution in [0.4, 0.5) is 0 Å². The molecule has 7 heteroatoms. The van der Waals surface area contributed by atoms with E-state index in [1.54, 1.807) is 12.1 Å². The molecular formula is C21H24N2O2S3. The summed E-state index contributed by atoms with van der Waals surface area (Å²) in [6.45, 7) is 3.23. The molecule has 0 amide bonds. The summed E-state index contributed by atoms with van der Waals surface area (Å²) in [6, 6.07) is 9.63. The lowest BCUT2D eigenvalue weighted by molar-refractivity contribution is 0.321. The number of aromatic nitrogens is 1. The van der Waals surface area contributed by atoms with Crippen LogP contribution in [0, 0.1) is 0 Å². The fourth-order valence-corrected chi connectivity index (χ4v) is 5.92. The van der Waals surface area contributed by atoms with Crippen molar-refractivity contribution in [1.82, 2.24) is 9.88 Å². The molecule has 1 aliphatic rings. The number of nitrogens with zero attached hydrogens (tertiary/aromatic N) is 1. The Hall–Kier alpha value is -1.54. The number of rotatable bonds is 7. The standard InChI is InChI=1S/C21H24N2O2S3/c1-28(24,25)18-4-5-20-19(13-18)17(14-22-20)15-26-12-10-23-8-6-16(7-9-23)21-3-2-11-27-21/h2-6,11,13-14,22H,7-10,12,15H2,1H3. The molecule has 1 aromatic carbocycles. The maximum Gasteiger partial charge on any atom is 0.175 e. The van der Waals surface area contributed by atoms with Crippen LogP contribution >= 0.6 is 23.1 Å². The molecule has 0 radical (unpaired) electrons. The molecule has 4 rings (SSSR count). The molecule has 3 aromatic rings. The number of thiophene rings is 1. The largest absolute Gasteiger partial charge is 0.361 e. The number of sulfone groups is 1. The maximum atomic E-state index is 11.8. The maximum absolute atomic E-state index is 11.8. The quantitative estimate of drug-likeness (QED) is 0.552. The summed E-state index contributed by atoms with van der Waals surface area (Å²) in [7, 11) is -3.18. The monoisotopic (exact) mass is 432 g/mol. The van der Waals surface area contributed by atoms with E-state index in [-0.39, 0.29) is 0 Å². The Morgan fingerprint density at radius 2 is 2.18 bits per heavy atom. The summed E-state index contributed by atoms with van der Waals surface area (Å²) in [5.41, 5.74) is 3.65. The van der Waals surface area contributed by atoms with Crippen LogP contribution in [0.1, 0.15) is 16.9 Å². The molecule has 0 atom stereocenters. The van der Waals surface area contributed by atoms with Crippen LogP contribution in [0.25, 0.3) is 16.5 Å². The number of H-pyrrole nitrogens is 1. The first-order valence-electron chi connectivity index (χ1n) is 9.34. The Morgan fingerprint density at radius 1 is 1.29 bits per heavy atom. The summed E-state index contributed by atoms with van der Waals surface area (Å²) in [4.78, 5) is 7.54. The van der Waals surface area contributed by atoms with Gasteiger partial charge >= 0.3 is 0 Å². The first-order valence-corrected chi connectivity index (χ1v) is 13.3. The van der Waals surface area contributed by atoms with E-state index in [0.29, 0.717) is 4.90 Å². The van der Waals surface area contributed by atoms with Crippen molar-refractivity contribution in [3.8, 4) is 0 Å². The number of aromatic amines is 1. The zero-order valence-electron chi connectivity index (χ0n) is 15.8. The van der Waals surface area contributed by atoms with Crippen LogP contribution in [-0.2, 0) is 15.6 Å². The highest BCUT2D eigenvalue weighted by Crippen LogP contribution is 2.27. The highest BCUT2D eigenvalue weighted by Gasteiger charge is 2.14. The van der Waals surface area contributed by atoms with Gasteiger partial charge in [-0.3, -0.25) is 4.90 Å². The van der Waals surface area contributed by atoms with E-state index in [1.165, 1.54) is 22.3 Å². The molecule has 0 bridgehead atoms. The molecule has 2 aromatic heterocycles. The van der Waals surface area contributed by atoms with Gasteiger partial charge in [0.1, 0.15) is 0 Å². The topological polar surface area (TPSA) is 53.2 Å². The summed E-state index contributed by atoms with van der Waals surface area (Å²) in [5, 5.41) is 3.15. The van der Waals surface area contributed by atoms with E-state index in [4.69, 9.17) is 0 Å². The van der Waals surface area contributed by atoms with Gasteiger partial charge in [-0.25, -0.2) is 8.42 Å². The Morgan fingerprint density at radius 3 is 2.89 bits per heavy atom. The number of nitrogens with one attached hydrogen (secondary N) is 1. The van der Waals surface area contributed by atoms with Gasteiger partial charge in [0.2, 0.25) is 0 Å². The van der Waals surface area contributed by atoms with E-state index in [9.17, 15) is 8.42 Å². The normalized spacial score (nSPS) is 15.8. The first kappa shape index (κ1) is 19.8. The van der Waals surface area contributed by atoms with Crippen molar-refractivity contribution < 1.29 is 8.42 Å². The number of thioether (sulfide) groups is 1. The van der Waals surface area contributed by atoms with Crippen LogP contribution in [0.2, 0.25) is 0 Å². The van der Waals surface area contributed by atoms with Gasteiger partial charge in [-0.05, 0) is 47.2 Å². The van der Waals surface area contributed by atoms with Gasteiger partial charge in [0.05, 0.1) is 4.90 Å². The lowest BCUT2D eigenvalue weighted by atomic mass is 10.1. The fraction of sp³-hybridized carbons (Fsp3) is 0.333. The molecular weight excluding hydrogens is 408 g/mol. The molecule has 28 heavy (non-hydrogen) atoms. The van der Waals surface area contributed by atoms with Crippen LogP contribution < -0.4 is 0 Å². The van der Waals surface area contributed by atoms with E-state index in [1.807, 2.05) is 35.4 Å². The van der Waals surface area contributed by atoms with Crippen molar-refractivity contribution in [2.45, 2.75) is 17.1 Å². The minimum Gasteiger partial charge on any atom is -0.361 e. The second-order valence-corrected chi connectivity index (χ2v) is 11.2. The lowest BCUT2D eigenvalue weighted by Gasteiger charge is -2.25. The van der Waals surface area contributed by atoms with Gasteiger partial charge in [-0.2, -0.15) is 11.8 Å². The van der Waals surface area contributed by atoms with Gasteiger partial charge in [-0.1, -0.05) is 12.1 Å². The molecule has 148 valence electrons. The van der Waals surface area contributed by atoms with Crippen LogP contribution in [0.5, 0.6) is 0 Å². The third-order valence-corrected chi connectivity index (χ3v) is 8.15. The number of hydrogen-bond acceptors (Lipinski definition) is 5. The number of hydrogen-bond donors (Lipinski definition) is 1. The molecule has 0 aliphatic carbocycles. The smallest absolute Gasteiger partial charge is 0.175 e. The number of benzene rings is 1. The van der Waals surface area contributed by atoms with Crippen LogP contribution in [0.15, 0.2) is 52.9 Å². The Kier molecular flexibility index (Phi) is 5.96. The average molecular weight is 433 g/mol. The molecule has 0 saturated heterocycles. The lowest BCUT2D eigenvalue weighted by Crippen LogP contribution is -2.30. The third-order valence-electron chi connectivity index (χ3n) is 5.11. The zero-order chi connectivity index (χ0) is 19.6. The van der Waals surface area contributed by atoms with Gasteiger partial charge in [0.15, 0.2) is 9.84 Å². The van der Waals surface area contributed by atoms with Crippen molar-refractivity contribution in [2.24, 2.45) is 0 Å². The van der Waals surface area contributed by atoms with Gasteiger partial charge in [0, 0.05) is 59.4 Å². The summed E-state index contributed by atoms with van der Waals surface area (Å²) in [5.74, 6) is 1.96. The van der Waals surface area contributed by atoms with Crippen LogP contribution in [0.3, 0.4) is 0 Å². The predicted octanol–water partition coefficient (Wildman–Crippen LogP) is 4.66. The van der Waals surface area contributed by atoms with Gasteiger partial charge in [0.25, 0.3) is 0 Å². The zero-order valence-corrected chi connectivity index (χ0v) is 18.3. The molecule has 0 unspecified atom stereocenters. The Balaban J connectivity index is 1.30. The van der Waals surface area contributed by atoms with E-state index in [0.717, 1.165) is 48.5 Å². The summed E-state index contributed by atoms with van der Waals surface area (Å²) < 4.78 is 23.6. The Labute approximate surface area is 174 Å². The predicted molar refractivity (Wildman–Crippen MR) is 121 cm³/mol. The average Bonchev–Trinajstić information content (AvgIpc) is 3.35. The number of fused-ring (bicyclic) bond motifs is 1.